The van der Waals surface area contributed by atoms with Crippen molar-refractivity contribution < 1.29 is 0 Å². The van der Waals surface area contributed by atoms with Crippen LogP contribution in [0.4, 0.5) is 0 Å². The van der Waals surface area contributed by atoms with Crippen molar-refractivity contribution >= 4 is 0 Å². The first-order valence-electron chi connectivity index (χ1n) is 6.85. The quantitative estimate of drug-likeness (QED) is 0.833. The number of benzene rings is 1. The Balaban J connectivity index is 1.75. The Labute approximate surface area is 104 Å². The van der Waals surface area contributed by atoms with Gasteiger partial charge in [0.25, 0.3) is 0 Å². The lowest BCUT2D eigenvalue weighted by Crippen LogP contribution is -2.47. The highest BCUT2D eigenvalue weighted by atomic mass is 15.1. The Morgan fingerprint density at radius 2 is 2.12 bits per heavy atom. The third kappa shape index (κ3) is 2.24. The highest BCUT2D eigenvalue weighted by molar-refractivity contribution is 5.37. The molecule has 1 aromatic carbocycles. The van der Waals surface area contributed by atoms with Gasteiger partial charge in [0.2, 0.25) is 0 Å². The fourth-order valence-electron chi connectivity index (χ4n) is 3.09. The molecule has 2 N–H and O–H groups in total. The van der Waals surface area contributed by atoms with E-state index in [2.05, 4.69) is 41.8 Å². The lowest BCUT2D eigenvalue weighted by molar-refractivity contribution is 0.341. The Kier molecular flexibility index (Phi) is 2.93. The van der Waals surface area contributed by atoms with Crippen molar-refractivity contribution in [3.8, 4) is 0 Å². The van der Waals surface area contributed by atoms with Crippen LogP contribution in [-0.2, 0) is 5.54 Å². The van der Waals surface area contributed by atoms with Gasteiger partial charge in [-0.15, -0.1) is 0 Å². The summed E-state index contributed by atoms with van der Waals surface area (Å²) in [6.45, 7) is 4.55. The third-order valence-corrected chi connectivity index (χ3v) is 4.19. The number of hydrogen-bond acceptors (Lipinski definition) is 2. The van der Waals surface area contributed by atoms with Crippen LogP contribution in [0.5, 0.6) is 0 Å². The molecule has 0 spiro atoms. The number of nitrogens with one attached hydrogen (secondary N) is 2. The minimum absolute atomic E-state index is 0.301. The number of hydrogen-bond donors (Lipinski definition) is 2. The van der Waals surface area contributed by atoms with Crippen LogP contribution in [0.2, 0.25) is 0 Å². The second-order valence-electron chi connectivity index (χ2n) is 5.58. The van der Waals surface area contributed by atoms with E-state index >= 15 is 0 Å². The molecule has 1 saturated carbocycles. The molecule has 1 aliphatic heterocycles. The van der Waals surface area contributed by atoms with Gasteiger partial charge in [0, 0.05) is 18.1 Å². The minimum Gasteiger partial charge on any atom is -0.315 e. The van der Waals surface area contributed by atoms with E-state index < -0.39 is 0 Å². The lowest BCUT2D eigenvalue weighted by Gasteiger charge is -2.30. The molecule has 0 radical (unpaired) electrons. The monoisotopic (exact) mass is 230 g/mol. The smallest absolute Gasteiger partial charge is 0.0441 e. The van der Waals surface area contributed by atoms with E-state index in [-0.39, 0.29) is 0 Å². The van der Waals surface area contributed by atoms with Crippen LogP contribution >= 0.6 is 0 Å². The summed E-state index contributed by atoms with van der Waals surface area (Å²) >= 11 is 0. The number of aryl methyl sites for hydroxylation is 1. The van der Waals surface area contributed by atoms with Crippen molar-refractivity contribution in [3.63, 3.8) is 0 Å². The average molecular weight is 230 g/mol. The Hall–Kier alpha value is -0.860. The van der Waals surface area contributed by atoms with Crippen molar-refractivity contribution in [2.24, 2.45) is 0 Å². The molecule has 2 aliphatic rings. The molecule has 0 bridgehead atoms. The maximum atomic E-state index is 3.90. The van der Waals surface area contributed by atoms with Gasteiger partial charge >= 0.3 is 0 Å². The van der Waals surface area contributed by atoms with Gasteiger partial charge in [0.05, 0.1) is 0 Å². The van der Waals surface area contributed by atoms with Crippen molar-refractivity contribution in [2.45, 2.75) is 44.2 Å². The number of rotatable bonds is 3. The predicted molar refractivity (Wildman–Crippen MR) is 71.1 cm³/mol. The Bertz CT molecular complexity index is 390. The van der Waals surface area contributed by atoms with Gasteiger partial charge in [-0.3, -0.25) is 0 Å². The maximum absolute atomic E-state index is 3.90. The van der Waals surface area contributed by atoms with E-state index in [1.54, 1.807) is 0 Å². The van der Waals surface area contributed by atoms with Gasteiger partial charge in [-0.25, -0.2) is 0 Å². The molecule has 1 heterocycles. The molecular weight excluding hydrogens is 208 g/mol. The molecule has 2 nitrogen and oxygen atoms in total. The normalized spacial score (nSPS) is 26.8. The molecular formula is C15H22N2. The molecule has 1 unspecified atom stereocenters. The van der Waals surface area contributed by atoms with Crippen LogP contribution in [0.25, 0.3) is 0 Å². The Morgan fingerprint density at radius 3 is 2.76 bits per heavy atom. The summed E-state index contributed by atoms with van der Waals surface area (Å²) in [5.74, 6) is 0. The van der Waals surface area contributed by atoms with Gasteiger partial charge < -0.3 is 10.6 Å². The molecule has 1 aliphatic carbocycles. The SMILES string of the molecule is Cc1ccccc1C1(NC2CCCNC2)CC1. The molecule has 1 aromatic rings. The highest BCUT2D eigenvalue weighted by Crippen LogP contribution is 2.47. The van der Waals surface area contributed by atoms with Crippen molar-refractivity contribution in [1.29, 1.82) is 0 Å². The average Bonchev–Trinajstić information content (AvgIpc) is 3.12. The molecule has 0 amide bonds. The fourth-order valence-corrected chi connectivity index (χ4v) is 3.09. The van der Waals surface area contributed by atoms with Crippen LogP contribution in [0.15, 0.2) is 24.3 Å². The maximum Gasteiger partial charge on any atom is 0.0441 e. The van der Waals surface area contributed by atoms with Crippen LogP contribution in [0.3, 0.4) is 0 Å². The summed E-state index contributed by atoms with van der Waals surface area (Å²) in [7, 11) is 0. The van der Waals surface area contributed by atoms with E-state index in [1.807, 2.05) is 0 Å². The first-order chi connectivity index (χ1) is 8.30. The Morgan fingerprint density at radius 1 is 1.29 bits per heavy atom. The topological polar surface area (TPSA) is 24.1 Å². The summed E-state index contributed by atoms with van der Waals surface area (Å²) in [5, 5.41) is 7.39. The zero-order valence-electron chi connectivity index (χ0n) is 10.6. The first-order valence-corrected chi connectivity index (χ1v) is 6.85. The summed E-state index contributed by atoms with van der Waals surface area (Å²) in [5.41, 5.74) is 3.25. The van der Waals surface area contributed by atoms with Crippen molar-refractivity contribution in [2.75, 3.05) is 13.1 Å². The van der Waals surface area contributed by atoms with E-state index in [9.17, 15) is 0 Å². The van der Waals surface area contributed by atoms with Crippen molar-refractivity contribution in [3.05, 3.63) is 35.4 Å². The zero-order chi connectivity index (χ0) is 11.7. The molecule has 3 rings (SSSR count). The van der Waals surface area contributed by atoms with Gasteiger partial charge in [0.15, 0.2) is 0 Å². The first kappa shape index (κ1) is 11.2. The van der Waals surface area contributed by atoms with E-state index in [1.165, 1.54) is 43.4 Å². The fraction of sp³-hybridized carbons (Fsp3) is 0.600. The second kappa shape index (κ2) is 4.43. The highest BCUT2D eigenvalue weighted by Gasteiger charge is 2.46. The minimum atomic E-state index is 0.301. The van der Waals surface area contributed by atoms with Crippen molar-refractivity contribution in [1.82, 2.24) is 10.6 Å². The van der Waals surface area contributed by atoms with Crippen LogP contribution in [-0.4, -0.2) is 19.1 Å². The number of piperidine rings is 1. The van der Waals surface area contributed by atoms with Gasteiger partial charge in [-0.1, -0.05) is 24.3 Å². The molecule has 92 valence electrons. The standard InChI is InChI=1S/C15H22N2/c1-12-5-2-3-7-14(12)15(8-9-15)17-13-6-4-10-16-11-13/h2-3,5,7,13,16-17H,4,6,8-11H2,1H3. The summed E-state index contributed by atoms with van der Waals surface area (Å²) in [6, 6.07) is 9.49. The van der Waals surface area contributed by atoms with Gasteiger partial charge in [0.1, 0.15) is 0 Å². The van der Waals surface area contributed by atoms with Crippen LogP contribution < -0.4 is 10.6 Å². The van der Waals surface area contributed by atoms with E-state index in [0.717, 1.165) is 6.54 Å². The summed E-state index contributed by atoms with van der Waals surface area (Å²) < 4.78 is 0. The molecule has 0 aromatic heterocycles. The van der Waals surface area contributed by atoms with Gasteiger partial charge in [-0.2, -0.15) is 0 Å². The second-order valence-corrected chi connectivity index (χ2v) is 5.58. The largest absolute Gasteiger partial charge is 0.315 e. The molecule has 1 atom stereocenters. The molecule has 17 heavy (non-hydrogen) atoms. The predicted octanol–water partition coefficient (Wildman–Crippen LogP) is 2.33. The summed E-state index contributed by atoms with van der Waals surface area (Å²) in [6.07, 6.45) is 5.23. The molecule has 1 saturated heterocycles. The van der Waals surface area contributed by atoms with E-state index in [4.69, 9.17) is 0 Å². The molecule has 2 fully saturated rings. The zero-order valence-corrected chi connectivity index (χ0v) is 10.6. The summed E-state index contributed by atoms with van der Waals surface area (Å²) in [4.78, 5) is 0. The van der Waals surface area contributed by atoms with E-state index in [0.29, 0.717) is 11.6 Å². The van der Waals surface area contributed by atoms with Crippen LogP contribution in [0.1, 0.15) is 36.8 Å². The molecule has 2 heteroatoms. The van der Waals surface area contributed by atoms with Gasteiger partial charge in [-0.05, 0) is 50.3 Å². The van der Waals surface area contributed by atoms with Crippen LogP contribution in [0, 0.1) is 6.92 Å². The third-order valence-electron chi connectivity index (χ3n) is 4.19. The lowest BCUT2D eigenvalue weighted by atomic mass is 9.97.